The Labute approximate surface area is 231 Å². The monoisotopic (exact) mass is 531 g/mol. The molecule has 0 aromatic heterocycles. The molecule has 0 saturated heterocycles. The quantitative estimate of drug-likeness (QED) is 0.339. The number of hydrogen-bond donors (Lipinski definition) is 0. The van der Waals surface area contributed by atoms with E-state index in [2.05, 4.69) is 0 Å². The molecule has 0 N–H and O–H groups in total. The average Bonchev–Trinajstić information content (AvgIpc) is 2.88. The summed E-state index contributed by atoms with van der Waals surface area (Å²) in [4.78, 5) is 4.74. The van der Waals surface area contributed by atoms with Gasteiger partial charge in [0.2, 0.25) is 0 Å². The van der Waals surface area contributed by atoms with Gasteiger partial charge >= 0.3 is 0 Å². The second-order valence-corrected chi connectivity index (χ2v) is 8.54. The summed E-state index contributed by atoms with van der Waals surface area (Å²) >= 11 is 0. The van der Waals surface area contributed by atoms with Crippen molar-refractivity contribution in [2.24, 2.45) is 4.99 Å². The Kier molecular flexibility index (Phi) is 13.6. The average molecular weight is 532 g/mol. The van der Waals surface area contributed by atoms with E-state index in [9.17, 15) is 15.3 Å². The smallest absolute Gasteiger partial charge is 0.0525 e. The molecule has 0 saturated carbocycles. The maximum Gasteiger partial charge on any atom is 0.0525 e. The number of benzene rings is 4. The normalized spacial score (nSPS) is 11.6. The molecule has 0 fully saturated rings. The van der Waals surface area contributed by atoms with Crippen molar-refractivity contribution in [3.63, 3.8) is 0 Å². The summed E-state index contributed by atoms with van der Waals surface area (Å²) in [5.41, 5.74) is 1.17. The van der Waals surface area contributed by atoms with Gasteiger partial charge in [0.05, 0.1) is 6.04 Å². The maximum atomic E-state index is 14.7. The van der Waals surface area contributed by atoms with Crippen molar-refractivity contribution in [1.29, 1.82) is 0 Å². The van der Waals surface area contributed by atoms with Crippen LogP contribution in [0, 0.1) is 0 Å². The van der Waals surface area contributed by atoms with Gasteiger partial charge in [-0.25, -0.2) is 0 Å². The third kappa shape index (κ3) is 9.01. The van der Waals surface area contributed by atoms with Gasteiger partial charge in [0.1, 0.15) is 0 Å². The molecule has 6 heteroatoms. The Hall–Kier alpha value is -3.19. The Balaban J connectivity index is 0.00000107. The summed E-state index contributed by atoms with van der Waals surface area (Å²) in [7, 11) is 0. The molecule has 0 unspecified atom stereocenters. The fourth-order valence-electron chi connectivity index (χ4n) is 3.82. The third-order valence-electron chi connectivity index (χ3n) is 5.46. The van der Waals surface area contributed by atoms with Crippen molar-refractivity contribution in [1.82, 2.24) is 0 Å². The Bertz CT molecular complexity index is 1140. The van der Waals surface area contributed by atoms with E-state index in [1.165, 1.54) is 6.07 Å². The molecule has 37 heavy (non-hydrogen) atoms. The summed E-state index contributed by atoms with van der Waals surface area (Å²) in [5, 5.41) is 36.5. The van der Waals surface area contributed by atoms with Crippen LogP contribution in [0.1, 0.15) is 36.1 Å². The topological polar surface area (TPSA) is 110 Å². The van der Waals surface area contributed by atoms with E-state index in [4.69, 9.17) is 4.99 Å². The first-order valence-corrected chi connectivity index (χ1v) is 11.7. The van der Waals surface area contributed by atoms with Crippen molar-refractivity contribution in [3.8, 4) is 5.75 Å². The van der Waals surface area contributed by atoms with Crippen LogP contribution in [-0.4, -0.2) is 18.4 Å². The van der Waals surface area contributed by atoms with Crippen LogP contribution < -0.4 is 15.3 Å². The van der Waals surface area contributed by atoms with Crippen molar-refractivity contribution in [2.75, 3.05) is 0 Å². The SMILES string of the molecule is CC(C)[O-].[O-2].[O-]c1ccccc1C=N[C@@H](Cc1ccccc1)C([O-])(c1ccccc1)c1ccccc1.[V]. The zero-order valence-corrected chi connectivity index (χ0v) is 22.3. The number of aliphatic imine (C=N–C) groups is 1. The van der Waals surface area contributed by atoms with Crippen molar-refractivity contribution in [2.45, 2.75) is 38.0 Å². The fraction of sp³-hybridized carbons (Fsp3) is 0.194. The Morgan fingerprint density at radius 3 is 1.59 bits per heavy atom. The van der Waals surface area contributed by atoms with Gasteiger partial charge in [-0.15, -0.1) is 11.9 Å². The van der Waals surface area contributed by atoms with E-state index in [0.29, 0.717) is 23.1 Å². The van der Waals surface area contributed by atoms with Gasteiger partial charge in [0.25, 0.3) is 0 Å². The van der Waals surface area contributed by atoms with Gasteiger partial charge in [-0.05, 0) is 23.1 Å². The van der Waals surface area contributed by atoms with Gasteiger partial charge in [0, 0.05) is 24.8 Å². The molecule has 4 aromatic carbocycles. The van der Waals surface area contributed by atoms with Crippen LogP contribution in [0.2, 0.25) is 0 Å². The largest absolute Gasteiger partial charge is 2.00 e. The molecule has 1 radical (unpaired) electrons. The van der Waals surface area contributed by atoms with E-state index in [-0.39, 0.29) is 29.8 Å². The van der Waals surface area contributed by atoms with Crippen LogP contribution >= 0.6 is 0 Å². The first-order chi connectivity index (χ1) is 16.9. The number of para-hydroxylation sites is 1. The van der Waals surface area contributed by atoms with E-state index >= 15 is 0 Å². The molecule has 0 heterocycles. The van der Waals surface area contributed by atoms with Crippen LogP contribution in [0.15, 0.2) is 120 Å². The molecule has 1 atom stereocenters. The summed E-state index contributed by atoms with van der Waals surface area (Å²) in [5.74, 6) is -0.111. The fourth-order valence-corrected chi connectivity index (χ4v) is 3.82. The predicted octanol–water partition coefficient (Wildman–Crippen LogP) is 3.73. The minimum Gasteiger partial charge on any atom is -2.00 e. The van der Waals surface area contributed by atoms with Crippen LogP contribution in [0.3, 0.4) is 0 Å². The molecule has 0 aliphatic heterocycles. The molecular formula is C31H30NO4V-5. The minimum atomic E-state index is -1.62. The van der Waals surface area contributed by atoms with Crippen LogP contribution in [0.5, 0.6) is 5.75 Å². The first kappa shape index (κ1) is 31.8. The van der Waals surface area contributed by atoms with Gasteiger partial charge in [-0.1, -0.05) is 140 Å². The summed E-state index contributed by atoms with van der Waals surface area (Å²) in [6, 6.07) is 34.7. The first-order valence-electron chi connectivity index (χ1n) is 11.7. The third-order valence-corrected chi connectivity index (χ3v) is 5.46. The molecule has 4 aromatic rings. The van der Waals surface area contributed by atoms with Gasteiger partial charge in [-0.2, -0.15) is 0 Å². The van der Waals surface area contributed by atoms with Crippen LogP contribution in [0.4, 0.5) is 0 Å². The molecule has 0 bridgehead atoms. The standard InChI is InChI=1S/C28H24NO2.C3H7O.O.V/c30-26-19-11-10-14-23(26)21-29-27(20-22-12-4-1-5-13-22)28(31,24-15-6-2-7-16-24)25-17-8-3-9-18-25;1-3(2)4;;/h1-19,21,27,30H,20H2;3H,1-2H3;;/q2*-1;-2;/p-1/t27-;;;/m0.../s1. The second kappa shape index (κ2) is 15.8. The molecule has 0 aliphatic carbocycles. The Morgan fingerprint density at radius 1 is 0.730 bits per heavy atom. The van der Waals surface area contributed by atoms with E-state index in [1.807, 2.05) is 91.0 Å². The predicted molar refractivity (Wildman–Crippen MR) is 137 cm³/mol. The molecule has 193 valence electrons. The molecule has 5 nitrogen and oxygen atoms in total. The molecular weight excluding hydrogens is 501 g/mol. The summed E-state index contributed by atoms with van der Waals surface area (Å²) < 4.78 is 0. The minimum absolute atomic E-state index is 0. The maximum absolute atomic E-state index is 14.7. The van der Waals surface area contributed by atoms with Crippen molar-refractivity contribution >= 4 is 6.21 Å². The van der Waals surface area contributed by atoms with Gasteiger partial charge < -0.3 is 20.8 Å². The van der Waals surface area contributed by atoms with Gasteiger partial charge in [0.15, 0.2) is 0 Å². The van der Waals surface area contributed by atoms with Crippen LogP contribution in [0.25, 0.3) is 0 Å². The molecule has 4 rings (SSSR count). The van der Waals surface area contributed by atoms with E-state index in [1.54, 1.807) is 38.3 Å². The number of rotatable bonds is 7. The zero-order valence-electron chi connectivity index (χ0n) is 20.9. The number of nitrogens with zero attached hydrogens (tertiary/aromatic N) is 1. The van der Waals surface area contributed by atoms with E-state index in [0.717, 1.165) is 5.56 Å². The van der Waals surface area contributed by atoms with Crippen LogP contribution in [-0.2, 0) is 36.1 Å². The zero-order chi connectivity index (χ0) is 25.1. The summed E-state index contributed by atoms with van der Waals surface area (Å²) in [6.07, 6.45) is 1.58. The van der Waals surface area contributed by atoms with Crippen molar-refractivity contribution in [3.05, 3.63) is 138 Å². The molecule has 0 spiro atoms. The van der Waals surface area contributed by atoms with Crippen molar-refractivity contribution < 1.29 is 39.4 Å². The molecule has 0 aliphatic rings. The van der Waals surface area contributed by atoms with E-state index < -0.39 is 17.7 Å². The molecule has 0 amide bonds. The number of hydrogen-bond acceptors (Lipinski definition) is 4. The summed E-state index contributed by atoms with van der Waals surface area (Å²) in [6.45, 7) is 3.22. The van der Waals surface area contributed by atoms with Gasteiger partial charge in [-0.3, -0.25) is 4.99 Å². The second-order valence-electron chi connectivity index (χ2n) is 8.54. The Morgan fingerprint density at radius 2 is 1.14 bits per heavy atom.